The molecule has 0 saturated heterocycles. The summed E-state index contributed by atoms with van der Waals surface area (Å²) in [6.07, 6.45) is 0. The number of nitrogens with one attached hydrogen (secondary N) is 1. The molecule has 114 valence electrons. The summed E-state index contributed by atoms with van der Waals surface area (Å²) in [7, 11) is -0.0857. The lowest BCUT2D eigenvalue weighted by Crippen LogP contribution is -2.31. The second kappa shape index (κ2) is 7.46. The third-order valence-electron chi connectivity index (χ3n) is 2.81. The molecule has 0 spiro atoms. The Bertz CT molecular complexity index is 666. The second-order valence-corrected chi connectivity index (χ2v) is 5.02. The number of halogens is 1. The van der Waals surface area contributed by atoms with Gasteiger partial charge in [0.2, 0.25) is 0 Å². The van der Waals surface area contributed by atoms with Crippen molar-refractivity contribution in [3.05, 3.63) is 47.5 Å². The molecule has 8 heteroatoms. The first-order valence-corrected chi connectivity index (χ1v) is 7.07. The zero-order chi connectivity index (χ0) is 16.1. The number of hydrogen-bond acceptors (Lipinski definition) is 5. The zero-order valence-corrected chi connectivity index (χ0v) is 13.2. The van der Waals surface area contributed by atoms with Crippen molar-refractivity contribution >= 4 is 47.3 Å². The van der Waals surface area contributed by atoms with E-state index in [-0.39, 0.29) is 15.7 Å². The first-order chi connectivity index (χ1) is 10.5. The molecule has 0 bridgehead atoms. The van der Waals surface area contributed by atoms with Crippen LogP contribution < -0.4 is 20.3 Å². The van der Waals surface area contributed by atoms with Gasteiger partial charge in [-0.15, -0.1) is 0 Å². The molecule has 5 nitrogen and oxygen atoms in total. The van der Waals surface area contributed by atoms with Gasteiger partial charge in [-0.2, -0.15) is 0 Å². The molecule has 0 aliphatic carbocycles. The lowest BCUT2D eigenvalue weighted by molar-refractivity contribution is 0.414. The molecule has 2 rings (SSSR count). The van der Waals surface area contributed by atoms with Gasteiger partial charge in [-0.1, -0.05) is 23.7 Å². The van der Waals surface area contributed by atoms with Crippen LogP contribution >= 0.6 is 23.8 Å². The number of hydrogen-bond donors (Lipinski definition) is 3. The average Bonchev–Trinajstić information content (AvgIpc) is 2.50. The van der Waals surface area contributed by atoms with Gasteiger partial charge in [0.1, 0.15) is 11.5 Å². The van der Waals surface area contributed by atoms with E-state index in [1.807, 2.05) is 0 Å². The molecule has 22 heavy (non-hydrogen) atoms. The molecule has 0 unspecified atom stereocenters. The molecule has 2 aromatic rings. The van der Waals surface area contributed by atoms with Crippen LogP contribution in [0.4, 0.5) is 5.69 Å². The van der Waals surface area contributed by atoms with Crippen molar-refractivity contribution in [1.29, 1.82) is 0 Å². The van der Waals surface area contributed by atoms with Crippen LogP contribution in [0.2, 0.25) is 5.02 Å². The van der Waals surface area contributed by atoms with Crippen molar-refractivity contribution in [2.24, 2.45) is 0 Å². The number of thiocarbonyl (C=S) groups is 1. The van der Waals surface area contributed by atoms with Crippen LogP contribution in [-0.4, -0.2) is 29.5 Å². The van der Waals surface area contributed by atoms with Crippen LogP contribution in [0.15, 0.2) is 42.5 Å². The molecule has 0 aromatic heterocycles. The quantitative estimate of drug-likeness (QED) is 0.584. The van der Waals surface area contributed by atoms with Gasteiger partial charge in [0.15, 0.2) is 0 Å². The van der Waals surface area contributed by atoms with Crippen molar-refractivity contribution in [2.75, 3.05) is 12.4 Å². The SMILES string of the molecule is COc1ccc(OC(=S)Nc2cccc(B(O)O)c2Cl)cc1. The van der Waals surface area contributed by atoms with Gasteiger partial charge in [-0.25, -0.2) is 0 Å². The third-order valence-corrected chi connectivity index (χ3v) is 3.42. The Kier molecular flexibility index (Phi) is 5.62. The highest BCUT2D eigenvalue weighted by atomic mass is 35.5. The summed E-state index contributed by atoms with van der Waals surface area (Å²) in [5.41, 5.74) is 0.602. The van der Waals surface area contributed by atoms with Gasteiger partial charge in [0.05, 0.1) is 17.8 Å². The molecule has 0 aliphatic heterocycles. The molecule has 0 fully saturated rings. The maximum absolute atomic E-state index is 9.22. The Morgan fingerprint density at radius 1 is 1.14 bits per heavy atom. The first kappa shape index (κ1) is 16.6. The van der Waals surface area contributed by atoms with Crippen LogP contribution in [0, 0.1) is 0 Å². The van der Waals surface area contributed by atoms with Crippen LogP contribution in [0.25, 0.3) is 0 Å². The highest BCUT2D eigenvalue weighted by molar-refractivity contribution is 7.80. The van der Waals surface area contributed by atoms with Crippen molar-refractivity contribution in [1.82, 2.24) is 0 Å². The molecule has 2 aromatic carbocycles. The van der Waals surface area contributed by atoms with Gasteiger partial charge in [0, 0.05) is 5.46 Å². The normalized spacial score (nSPS) is 10.0. The first-order valence-electron chi connectivity index (χ1n) is 6.28. The average molecular weight is 338 g/mol. The topological polar surface area (TPSA) is 71.0 Å². The van der Waals surface area contributed by atoms with Gasteiger partial charge >= 0.3 is 7.12 Å². The van der Waals surface area contributed by atoms with Gasteiger partial charge in [0.25, 0.3) is 5.17 Å². The third kappa shape index (κ3) is 4.11. The van der Waals surface area contributed by atoms with Crippen molar-refractivity contribution in [3.8, 4) is 11.5 Å². The Balaban J connectivity index is 2.07. The summed E-state index contributed by atoms with van der Waals surface area (Å²) in [6.45, 7) is 0. The van der Waals surface area contributed by atoms with Gasteiger partial charge < -0.3 is 24.8 Å². The number of anilines is 1. The molecule has 0 saturated carbocycles. The fourth-order valence-electron chi connectivity index (χ4n) is 1.73. The second-order valence-electron chi connectivity index (χ2n) is 4.27. The molecule has 3 N–H and O–H groups in total. The molecule has 0 aliphatic rings. The Morgan fingerprint density at radius 3 is 2.36 bits per heavy atom. The van der Waals surface area contributed by atoms with Crippen LogP contribution in [0.3, 0.4) is 0 Å². The highest BCUT2D eigenvalue weighted by Crippen LogP contribution is 2.21. The minimum Gasteiger partial charge on any atom is -0.497 e. The summed E-state index contributed by atoms with van der Waals surface area (Å²) in [6, 6.07) is 11.7. The molecule has 0 heterocycles. The fourth-order valence-corrected chi connectivity index (χ4v) is 2.21. The van der Waals surface area contributed by atoms with E-state index >= 15 is 0 Å². The number of rotatable bonds is 4. The van der Waals surface area contributed by atoms with Crippen molar-refractivity contribution in [2.45, 2.75) is 0 Å². The highest BCUT2D eigenvalue weighted by Gasteiger charge is 2.17. The standard InChI is InChI=1S/C14H13BClNO4S/c1-20-9-5-7-10(8-6-9)21-14(22)17-12-4-2-3-11(13(12)16)15(18)19/h2-8,18-19H,1H3,(H,17,22). The van der Waals surface area contributed by atoms with Crippen LogP contribution in [-0.2, 0) is 0 Å². The maximum atomic E-state index is 9.22. The summed E-state index contributed by atoms with van der Waals surface area (Å²) >= 11 is 11.2. The maximum Gasteiger partial charge on any atom is 0.490 e. The predicted molar refractivity (Wildman–Crippen MR) is 91.1 cm³/mol. The Morgan fingerprint density at radius 2 is 1.77 bits per heavy atom. The van der Waals surface area contributed by atoms with Crippen molar-refractivity contribution in [3.63, 3.8) is 0 Å². The van der Waals surface area contributed by atoms with Gasteiger partial charge in [-0.3, -0.25) is 0 Å². The molecule has 0 radical (unpaired) electrons. The minimum absolute atomic E-state index is 0.0802. The molecular formula is C14H13BClNO4S. The molecule has 0 atom stereocenters. The van der Waals surface area contributed by atoms with E-state index in [9.17, 15) is 10.0 Å². The fraction of sp³-hybridized carbons (Fsp3) is 0.0714. The largest absolute Gasteiger partial charge is 0.497 e. The summed E-state index contributed by atoms with van der Waals surface area (Å²) in [4.78, 5) is 0. The van der Waals surface area contributed by atoms with E-state index in [4.69, 9.17) is 33.3 Å². The van der Waals surface area contributed by atoms with Gasteiger partial charge in [-0.05, 0) is 42.5 Å². The monoisotopic (exact) mass is 337 g/mol. The van der Waals surface area contributed by atoms with Crippen LogP contribution in [0.1, 0.15) is 0 Å². The number of ether oxygens (including phenoxy) is 2. The lowest BCUT2D eigenvalue weighted by atomic mass is 9.80. The number of benzene rings is 2. The Labute approximate surface area is 138 Å². The van der Waals surface area contributed by atoms with E-state index < -0.39 is 7.12 Å². The van der Waals surface area contributed by atoms with Crippen molar-refractivity contribution < 1.29 is 19.5 Å². The number of methoxy groups -OCH3 is 1. The molecule has 0 amide bonds. The minimum atomic E-state index is -1.66. The zero-order valence-electron chi connectivity index (χ0n) is 11.6. The summed E-state index contributed by atoms with van der Waals surface area (Å²) in [5.74, 6) is 1.24. The van der Waals surface area contributed by atoms with Crippen LogP contribution in [0.5, 0.6) is 11.5 Å². The lowest BCUT2D eigenvalue weighted by Gasteiger charge is -2.13. The van der Waals surface area contributed by atoms with E-state index in [2.05, 4.69) is 5.32 Å². The Hall–Kier alpha value is -1.80. The van der Waals surface area contributed by atoms with E-state index in [0.717, 1.165) is 0 Å². The summed E-state index contributed by atoms with van der Waals surface area (Å²) < 4.78 is 10.5. The summed E-state index contributed by atoms with van der Waals surface area (Å²) in [5, 5.41) is 21.5. The smallest absolute Gasteiger partial charge is 0.490 e. The van der Waals surface area contributed by atoms with E-state index in [1.165, 1.54) is 6.07 Å². The van der Waals surface area contributed by atoms with E-state index in [0.29, 0.717) is 17.2 Å². The molecular weight excluding hydrogens is 324 g/mol. The van der Waals surface area contributed by atoms with E-state index in [1.54, 1.807) is 43.5 Å². The predicted octanol–water partition coefficient (Wildman–Crippen LogP) is 1.80.